The fourth-order valence-corrected chi connectivity index (χ4v) is 1.21. The van der Waals surface area contributed by atoms with Crippen molar-refractivity contribution in [1.82, 2.24) is 0 Å². The van der Waals surface area contributed by atoms with Gasteiger partial charge in [-0.05, 0) is 32.9 Å². The molecular weight excluding hydrogens is 216 g/mol. The third-order valence-corrected chi connectivity index (χ3v) is 2.58. The van der Waals surface area contributed by atoms with Crippen molar-refractivity contribution >= 4 is 23.2 Å². The Bertz CT molecular complexity index is 357. The lowest BCUT2D eigenvalue weighted by atomic mass is 10.1. The van der Waals surface area contributed by atoms with Gasteiger partial charge in [0.1, 0.15) is 0 Å². The summed E-state index contributed by atoms with van der Waals surface area (Å²) in [6.45, 7) is 5.88. The molecule has 0 aliphatic heterocycles. The van der Waals surface area contributed by atoms with Crippen LogP contribution in [-0.2, 0) is 0 Å². The highest BCUT2D eigenvalue weighted by molar-refractivity contribution is 6.26. The predicted octanol–water partition coefficient (Wildman–Crippen LogP) is 3.35. The molecule has 0 N–H and O–H groups in total. The highest BCUT2D eigenvalue weighted by Crippen LogP contribution is 2.27. The largest absolute Gasteiger partial charge is 0.280 e. The van der Waals surface area contributed by atoms with Crippen LogP contribution in [0.4, 0.5) is 11.4 Å². The van der Waals surface area contributed by atoms with Gasteiger partial charge in [-0.2, -0.15) is 0 Å². The summed E-state index contributed by atoms with van der Waals surface area (Å²) in [6, 6.07) is 6.15. The van der Waals surface area contributed by atoms with Crippen molar-refractivity contribution in [3.05, 3.63) is 34.4 Å². The molecule has 82 valence electrons. The first-order valence-electron chi connectivity index (χ1n) is 4.53. The Hall–Kier alpha value is -1.29. The summed E-state index contributed by atoms with van der Waals surface area (Å²) in [5.41, 5.74) is 0.588. The zero-order valence-electron chi connectivity index (χ0n) is 8.90. The first-order valence-corrected chi connectivity index (χ1v) is 4.86. The molecule has 0 spiro atoms. The normalized spacial score (nSPS) is 11.2. The summed E-state index contributed by atoms with van der Waals surface area (Å²) < 4.78 is 1.55. The summed E-state index contributed by atoms with van der Waals surface area (Å²) >= 11 is 6.08. The molecule has 0 saturated heterocycles. The van der Waals surface area contributed by atoms with E-state index in [0.29, 0.717) is 0 Å². The molecule has 0 amide bonds. The number of benzene rings is 1. The number of non-ortho nitro benzene ring substituents is 1. The standard InChI is InChI=1S/C10H13ClN2O2/c1-10(2,3)12(11)8-4-6-9(7-5-8)13(14)15/h4-7H,1-3H3. The van der Waals surface area contributed by atoms with Gasteiger partial charge in [-0.25, -0.2) is 0 Å². The number of anilines is 1. The third-order valence-electron chi connectivity index (χ3n) is 1.88. The Morgan fingerprint density at radius 1 is 1.27 bits per heavy atom. The highest BCUT2D eigenvalue weighted by atomic mass is 35.5. The topological polar surface area (TPSA) is 46.4 Å². The van der Waals surface area contributed by atoms with Gasteiger partial charge in [0.05, 0.1) is 10.6 Å². The lowest BCUT2D eigenvalue weighted by Gasteiger charge is -2.30. The molecule has 4 nitrogen and oxygen atoms in total. The molecule has 0 saturated carbocycles. The lowest BCUT2D eigenvalue weighted by molar-refractivity contribution is -0.384. The molecule has 0 aliphatic carbocycles. The molecule has 0 aromatic heterocycles. The van der Waals surface area contributed by atoms with E-state index in [4.69, 9.17) is 11.8 Å². The van der Waals surface area contributed by atoms with E-state index in [9.17, 15) is 10.1 Å². The molecule has 1 aromatic carbocycles. The molecule has 5 heteroatoms. The number of rotatable bonds is 2. The maximum atomic E-state index is 10.4. The second-order valence-corrected chi connectivity index (χ2v) is 4.56. The average Bonchev–Trinajstić information content (AvgIpc) is 2.15. The molecule has 0 radical (unpaired) electrons. The van der Waals surface area contributed by atoms with Gasteiger partial charge in [0.25, 0.3) is 5.69 Å². The van der Waals surface area contributed by atoms with Gasteiger partial charge in [0, 0.05) is 29.4 Å². The summed E-state index contributed by atoms with van der Waals surface area (Å²) in [6.07, 6.45) is 0. The number of halogens is 1. The fourth-order valence-electron chi connectivity index (χ4n) is 1.09. The highest BCUT2D eigenvalue weighted by Gasteiger charge is 2.20. The summed E-state index contributed by atoms with van der Waals surface area (Å²) in [4.78, 5) is 10.0. The SMILES string of the molecule is CC(C)(C)N(Cl)c1ccc([N+](=O)[O-])cc1. The van der Waals surface area contributed by atoms with Crippen molar-refractivity contribution in [2.45, 2.75) is 26.3 Å². The van der Waals surface area contributed by atoms with E-state index in [0.717, 1.165) is 5.69 Å². The zero-order valence-corrected chi connectivity index (χ0v) is 9.65. The van der Waals surface area contributed by atoms with Gasteiger partial charge in [-0.1, -0.05) is 0 Å². The smallest absolute Gasteiger partial charge is 0.269 e. The van der Waals surface area contributed by atoms with Crippen molar-refractivity contribution in [2.24, 2.45) is 0 Å². The van der Waals surface area contributed by atoms with Crippen molar-refractivity contribution in [3.63, 3.8) is 0 Å². The molecule has 0 unspecified atom stereocenters. The molecule has 0 aliphatic rings. The van der Waals surface area contributed by atoms with Crippen molar-refractivity contribution < 1.29 is 4.92 Å². The monoisotopic (exact) mass is 228 g/mol. The van der Waals surface area contributed by atoms with Crippen molar-refractivity contribution in [2.75, 3.05) is 4.42 Å². The van der Waals surface area contributed by atoms with Crippen LogP contribution in [0.3, 0.4) is 0 Å². The van der Waals surface area contributed by atoms with E-state index < -0.39 is 4.92 Å². The Kier molecular flexibility index (Phi) is 3.19. The lowest BCUT2D eigenvalue weighted by Crippen LogP contribution is -2.33. The van der Waals surface area contributed by atoms with Crippen LogP contribution in [0, 0.1) is 10.1 Å². The minimum atomic E-state index is -0.431. The van der Waals surface area contributed by atoms with Gasteiger partial charge in [0.2, 0.25) is 0 Å². The summed E-state index contributed by atoms with van der Waals surface area (Å²) in [5, 5.41) is 10.4. The Balaban J connectivity index is 2.94. The molecule has 0 fully saturated rings. The number of hydrogen-bond donors (Lipinski definition) is 0. The maximum absolute atomic E-state index is 10.4. The first kappa shape index (κ1) is 11.8. The van der Waals surface area contributed by atoms with Crippen LogP contribution in [0.15, 0.2) is 24.3 Å². The molecule has 1 rings (SSSR count). The second kappa shape index (κ2) is 4.06. The van der Waals surface area contributed by atoms with E-state index in [-0.39, 0.29) is 11.2 Å². The van der Waals surface area contributed by atoms with Crippen LogP contribution in [-0.4, -0.2) is 10.5 Å². The first-order chi connectivity index (χ1) is 6.82. The van der Waals surface area contributed by atoms with E-state index in [1.807, 2.05) is 20.8 Å². The second-order valence-electron chi connectivity index (χ2n) is 4.23. The third kappa shape index (κ3) is 2.83. The molecule has 0 atom stereocenters. The predicted molar refractivity (Wildman–Crippen MR) is 61.2 cm³/mol. The van der Waals surface area contributed by atoms with Crippen LogP contribution >= 0.6 is 11.8 Å². The number of nitrogens with zero attached hydrogens (tertiary/aromatic N) is 2. The maximum Gasteiger partial charge on any atom is 0.269 e. The van der Waals surface area contributed by atoms with E-state index in [2.05, 4.69) is 0 Å². The molecular formula is C10H13ClN2O2. The number of nitro groups is 1. The summed E-state index contributed by atoms with van der Waals surface area (Å²) in [5.74, 6) is 0. The average molecular weight is 229 g/mol. The number of hydrogen-bond acceptors (Lipinski definition) is 3. The van der Waals surface area contributed by atoms with Crippen molar-refractivity contribution in [1.29, 1.82) is 0 Å². The fraction of sp³-hybridized carbons (Fsp3) is 0.400. The van der Waals surface area contributed by atoms with Crippen LogP contribution in [0.25, 0.3) is 0 Å². The van der Waals surface area contributed by atoms with Gasteiger partial charge in [-0.3, -0.25) is 14.5 Å². The minimum absolute atomic E-state index is 0.0673. The van der Waals surface area contributed by atoms with E-state index >= 15 is 0 Å². The van der Waals surface area contributed by atoms with Crippen LogP contribution in [0.1, 0.15) is 20.8 Å². The van der Waals surface area contributed by atoms with Gasteiger partial charge < -0.3 is 0 Å². The van der Waals surface area contributed by atoms with E-state index in [1.165, 1.54) is 12.1 Å². The minimum Gasteiger partial charge on any atom is -0.280 e. The van der Waals surface area contributed by atoms with Crippen LogP contribution in [0.5, 0.6) is 0 Å². The van der Waals surface area contributed by atoms with Crippen LogP contribution in [0.2, 0.25) is 0 Å². The Labute approximate surface area is 93.7 Å². The van der Waals surface area contributed by atoms with E-state index in [1.54, 1.807) is 16.6 Å². The molecule has 1 aromatic rings. The van der Waals surface area contributed by atoms with Gasteiger partial charge in [0.15, 0.2) is 0 Å². The van der Waals surface area contributed by atoms with Gasteiger partial charge in [-0.15, -0.1) is 0 Å². The van der Waals surface area contributed by atoms with Gasteiger partial charge >= 0.3 is 0 Å². The summed E-state index contributed by atoms with van der Waals surface area (Å²) in [7, 11) is 0. The Morgan fingerprint density at radius 3 is 2.07 bits per heavy atom. The zero-order chi connectivity index (χ0) is 11.6. The Morgan fingerprint density at radius 2 is 1.73 bits per heavy atom. The molecule has 15 heavy (non-hydrogen) atoms. The quantitative estimate of drug-likeness (QED) is 0.443. The molecule has 0 heterocycles. The van der Waals surface area contributed by atoms with Crippen molar-refractivity contribution in [3.8, 4) is 0 Å². The van der Waals surface area contributed by atoms with Crippen LogP contribution < -0.4 is 4.42 Å². The number of nitro benzene ring substituents is 1. The molecule has 0 bridgehead atoms.